The predicted octanol–water partition coefficient (Wildman–Crippen LogP) is 2.00. The number of methoxy groups -OCH3 is 1. The SMILES string of the molecule is COC(C)(C)C(=O)NC(C#N)C1CCCCC1. The van der Waals surface area contributed by atoms with E-state index in [9.17, 15) is 4.79 Å². The highest BCUT2D eigenvalue weighted by molar-refractivity contribution is 5.84. The Bertz CT molecular complexity index is 301. The highest BCUT2D eigenvalue weighted by Gasteiger charge is 2.32. The molecule has 1 rings (SSSR count). The van der Waals surface area contributed by atoms with Crippen LogP contribution in [-0.4, -0.2) is 24.7 Å². The summed E-state index contributed by atoms with van der Waals surface area (Å²) in [6, 6.07) is 1.83. The van der Waals surface area contributed by atoms with E-state index >= 15 is 0 Å². The lowest BCUT2D eigenvalue weighted by Gasteiger charge is -2.29. The van der Waals surface area contributed by atoms with Crippen LogP contribution in [0.1, 0.15) is 46.0 Å². The molecule has 1 N–H and O–H groups in total. The van der Waals surface area contributed by atoms with Crippen LogP contribution in [0.4, 0.5) is 0 Å². The number of carbonyl (C=O) groups is 1. The monoisotopic (exact) mass is 238 g/mol. The van der Waals surface area contributed by atoms with E-state index in [-0.39, 0.29) is 11.9 Å². The summed E-state index contributed by atoms with van der Waals surface area (Å²) in [6.07, 6.45) is 5.63. The van der Waals surface area contributed by atoms with Gasteiger partial charge in [-0.1, -0.05) is 19.3 Å². The van der Waals surface area contributed by atoms with Crippen molar-refractivity contribution in [3.05, 3.63) is 0 Å². The first-order valence-electron chi connectivity index (χ1n) is 6.27. The molecule has 0 spiro atoms. The van der Waals surface area contributed by atoms with E-state index in [0.29, 0.717) is 5.92 Å². The van der Waals surface area contributed by atoms with Crippen LogP contribution >= 0.6 is 0 Å². The fourth-order valence-corrected chi connectivity index (χ4v) is 2.13. The number of nitriles is 1. The molecule has 1 aliphatic carbocycles. The van der Waals surface area contributed by atoms with Gasteiger partial charge in [0, 0.05) is 7.11 Å². The standard InChI is InChI=1S/C13H22N2O2/c1-13(2,17-3)12(16)15-11(9-14)10-7-5-4-6-8-10/h10-11H,4-8H2,1-3H3,(H,15,16). The highest BCUT2D eigenvalue weighted by Crippen LogP contribution is 2.26. The van der Waals surface area contributed by atoms with Gasteiger partial charge in [0.1, 0.15) is 11.6 Å². The van der Waals surface area contributed by atoms with Crippen molar-refractivity contribution in [2.75, 3.05) is 7.11 Å². The molecule has 4 heteroatoms. The van der Waals surface area contributed by atoms with Crippen molar-refractivity contribution in [1.29, 1.82) is 5.26 Å². The summed E-state index contributed by atoms with van der Waals surface area (Å²) in [6.45, 7) is 3.41. The molecule has 0 aliphatic heterocycles. The normalized spacial score (nSPS) is 19.4. The zero-order valence-corrected chi connectivity index (χ0v) is 11.0. The summed E-state index contributed by atoms with van der Waals surface area (Å²) in [5.74, 6) is 0.0856. The van der Waals surface area contributed by atoms with Gasteiger partial charge in [-0.05, 0) is 32.6 Å². The molecule has 1 amide bonds. The number of hydrogen-bond donors (Lipinski definition) is 1. The Labute approximate surface area is 103 Å². The van der Waals surface area contributed by atoms with Gasteiger partial charge in [0.05, 0.1) is 6.07 Å². The molecule has 1 atom stereocenters. The first-order chi connectivity index (χ1) is 8.01. The molecule has 1 aliphatic rings. The van der Waals surface area contributed by atoms with Gasteiger partial charge in [0.15, 0.2) is 0 Å². The number of hydrogen-bond acceptors (Lipinski definition) is 3. The molecule has 0 aromatic rings. The van der Waals surface area contributed by atoms with E-state index < -0.39 is 5.60 Å². The van der Waals surface area contributed by atoms with E-state index in [1.54, 1.807) is 13.8 Å². The molecular formula is C13H22N2O2. The van der Waals surface area contributed by atoms with Gasteiger partial charge in [-0.3, -0.25) is 4.79 Å². The van der Waals surface area contributed by atoms with Crippen LogP contribution < -0.4 is 5.32 Å². The molecule has 96 valence electrons. The highest BCUT2D eigenvalue weighted by atomic mass is 16.5. The quantitative estimate of drug-likeness (QED) is 0.814. The summed E-state index contributed by atoms with van der Waals surface area (Å²) in [5.41, 5.74) is -0.871. The van der Waals surface area contributed by atoms with Gasteiger partial charge in [0.25, 0.3) is 5.91 Å². The first-order valence-corrected chi connectivity index (χ1v) is 6.27. The smallest absolute Gasteiger partial charge is 0.252 e. The third-order valence-electron chi connectivity index (χ3n) is 3.60. The molecule has 1 unspecified atom stereocenters. The number of rotatable bonds is 4. The first kappa shape index (κ1) is 14.0. The minimum atomic E-state index is -0.871. The average Bonchev–Trinajstić information content (AvgIpc) is 2.36. The second kappa shape index (κ2) is 6.02. The predicted molar refractivity (Wildman–Crippen MR) is 65.2 cm³/mol. The van der Waals surface area contributed by atoms with E-state index in [1.165, 1.54) is 13.5 Å². The molecule has 0 bridgehead atoms. The third-order valence-corrected chi connectivity index (χ3v) is 3.60. The van der Waals surface area contributed by atoms with Crippen molar-refractivity contribution >= 4 is 5.91 Å². The molecule has 4 nitrogen and oxygen atoms in total. The summed E-state index contributed by atoms with van der Waals surface area (Å²) in [4.78, 5) is 11.9. The molecular weight excluding hydrogens is 216 g/mol. The van der Waals surface area contributed by atoms with E-state index in [0.717, 1.165) is 25.7 Å². The van der Waals surface area contributed by atoms with Crippen molar-refractivity contribution < 1.29 is 9.53 Å². The number of nitrogens with one attached hydrogen (secondary N) is 1. The van der Waals surface area contributed by atoms with Crippen LogP contribution in [0.3, 0.4) is 0 Å². The van der Waals surface area contributed by atoms with Crippen molar-refractivity contribution in [3.63, 3.8) is 0 Å². The van der Waals surface area contributed by atoms with Crippen LogP contribution in [-0.2, 0) is 9.53 Å². The van der Waals surface area contributed by atoms with Crippen molar-refractivity contribution in [1.82, 2.24) is 5.32 Å². The second-order valence-corrected chi connectivity index (χ2v) is 5.19. The van der Waals surface area contributed by atoms with Crippen molar-refractivity contribution in [3.8, 4) is 6.07 Å². The lowest BCUT2D eigenvalue weighted by Crippen LogP contribution is -2.49. The second-order valence-electron chi connectivity index (χ2n) is 5.19. The third kappa shape index (κ3) is 3.71. The van der Waals surface area contributed by atoms with Gasteiger partial charge in [-0.25, -0.2) is 0 Å². The Balaban J connectivity index is 2.58. The summed E-state index contributed by atoms with van der Waals surface area (Å²) < 4.78 is 5.11. The lowest BCUT2D eigenvalue weighted by molar-refractivity contribution is -0.140. The Hall–Kier alpha value is -1.08. The largest absolute Gasteiger partial charge is 0.369 e. The van der Waals surface area contributed by atoms with Crippen LogP contribution in [0.5, 0.6) is 0 Å². The van der Waals surface area contributed by atoms with E-state index in [2.05, 4.69) is 11.4 Å². The minimum absolute atomic E-state index is 0.211. The summed E-state index contributed by atoms with van der Waals surface area (Å²) in [5, 5.41) is 12.0. The molecule has 0 radical (unpaired) electrons. The molecule has 0 heterocycles. The van der Waals surface area contributed by atoms with Gasteiger partial charge in [-0.2, -0.15) is 5.26 Å². The van der Waals surface area contributed by atoms with Gasteiger partial charge in [0.2, 0.25) is 0 Å². The Morgan fingerprint density at radius 2 is 2.00 bits per heavy atom. The maximum Gasteiger partial charge on any atom is 0.252 e. The van der Waals surface area contributed by atoms with Crippen LogP contribution in [0.25, 0.3) is 0 Å². The van der Waals surface area contributed by atoms with Gasteiger partial charge in [-0.15, -0.1) is 0 Å². The van der Waals surface area contributed by atoms with Crippen LogP contribution in [0.2, 0.25) is 0 Å². The zero-order chi connectivity index (χ0) is 12.9. The Morgan fingerprint density at radius 1 is 1.41 bits per heavy atom. The van der Waals surface area contributed by atoms with E-state index in [1.807, 2.05) is 0 Å². The summed E-state index contributed by atoms with van der Waals surface area (Å²) in [7, 11) is 1.50. The topological polar surface area (TPSA) is 62.1 Å². The fourth-order valence-electron chi connectivity index (χ4n) is 2.13. The number of amides is 1. The van der Waals surface area contributed by atoms with Crippen LogP contribution in [0.15, 0.2) is 0 Å². The van der Waals surface area contributed by atoms with E-state index in [4.69, 9.17) is 10.00 Å². The molecule has 1 saturated carbocycles. The lowest BCUT2D eigenvalue weighted by atomic mass is 9.84. The maximum absolute atomic E-state index is 11.9. The average molecular weight is 238 g/mol. The van der Waals surface area contributed by atoms with Gasteiger partial charge >= 0.3 is 0 Å². The molecule has 17 heavy (non-hydrogen) atoms. The minimum Gasteiger partial charge on any atom is -0.369 e. The molecule has 0 aromatic heterocycles. The Morgan fingerprint density at radius 3 is 2.47 bits per heavy atom. The maximum atomic E-state index is 11.9. The number of ether oxygens (including phenoxy) is 1. The fraction of sp³-hybridized carbons (Fsp3) is 0.846. The van der Waals surface area contributed by atoms with Crippen molar-refractivity contribution in [2.45, 2.75) is 57.6 Å². The van der Waals surface area contributed by atoms with Crippen molar-refractivity contribution in [2.24, 2.45) is 5.92 Å². The molecule has 0 saturated heterocycles. The number of nitrogens with zero attached hydrogens (tertiary/aromatic N) is 1. The van der Waals surface area contributed by atoms with Crippen LogP contribution in [0, 0.1) is 17.2 Å². The number of carbonyl (C=O) groups excluding carboxylic acids is 1. The Kier molecular flexibility index (Phi) is 4.95. The summed E-state index contributed by atoms with van der Waals surface area (Å²) >= 11 is 0. The molecule has 1 fully saturated rings. The van der Waals surface area contributed by atoms with Gasteiger partial charge < -0.3 is 10.1 Å². The molecule has 0 aromatic carbocycles. The zero-order valence-electron chi connectivity index (χ0n) is 11.0.